The van der Waals surface area contributed by atoms with Crippen LogP contribution in [0.3, 0.4) is 0 Å². The fourth-order valence-electron chi connectivity index (χ4n) is 5.65. The summed E-state index contributed by atoms with van der Waals surface area (Å²) in [4.78, 5) is 45.1. The van der Waals surface area contributed by atoms with Gasteiger partial charge in [0.25, 0.3) is 11.8 Å². The monoisotopic (exact) mass is 480 g/mol. The Balaban J connectivity index is 1.53. The number of likely N-dealkylation sites (N-methyl/N-ethyl adjacent to an activating group) is 1. The molecule has 0 N–H and O–H groups in total. The second kappa shape index (κ2) is 6.97. The molecule has 0 saturated heterocycles. The third kappa shape index (κ3) is 2.45. The smallest absolute Gasteiger partial charge is 0.291 e. The molecule has 8 nitrogen and oxygen atoms in total. The SMILES string of the molecule is Cc1ccc2oc3c(c(=O)c2c1)C1(C(=O)N(C)c2ccccc21)N(Cc1ccc2c(c1)OCO2)C3=O. The molecule has 1 spiro atoms. The predicted molar refractivity (Wildman–Crippen MR) is 130 cm³/mol. The molecule has 1 unspecified atom stereocenters. The number of carbonyl (C=O) groups excluding carboxylic acids is 2. The predicted octanol–water partition coefficient (Wildman–Crippen LogP) is 3.71. The molecule has 7 rings (SSSR count). The van der Waals surface area contributed by atoms with Gasteiger partial charge in [0.15, 0.2) is 22.5 Å². The molecule has 178 valence electrons. The lowest BCUT2D eigenvalue weighted by atomic mass is 9.83. The Morgan fingerprint density at radius 2 is 1.75 bits per heavy atom. The van der Waals surface area contributed by atoms with Crippen molar-refractivity contribution in [1.82, 2.24) is 4.90 Å². The first-order valence-corrected chi connectivity index (χ1v) is 11.6. The first kappa shape index (κ1) is 20.8. The second-order valence-electron chi connectivity index (χ2n) is 9.31. The summed E-state index contributed by atoms with van der Waals surface area (Å²) in [6.45, 7) is 2.06. The number of para-hydroxylation sites is 1. The van der Waals surface area contributed by atoms with Crippen molar-refractivity contribution < 1.29 is 23.5 Å². The van der Waals surface area contributed by atoms with Gasteiger partial charge in [-0.25, -0.2) is 0 Å². The van der Waals surface area contributed by atoms with Crippen LogP contribution in [0.5, 0.6) is 11.5 Å². The van der Waals surface area contributed by atoms with Crippen molar-refractivity contribution in [2.75, 3.05) is 18.7 Å². The van der Waals surface area contributed by atoms with Gasteiger partial charge in [-0.15, -0.1) is 0 Å². The molecular formula is C28H20N2O6. The van der Waals surface area contributed by atoms with Gasteiger partial charge in [-0.2, -0.15) is 0 Å². The van der Waals surface area contributed by atoms with Gasteiger partial charge in [0, 0.05) is 24.8 Å². The Hall–Kier alpha value is -4.59. The number of ether oxygens (including phenoxy) is 2. The topological polar surface area (TPSA) is 89.3 Å². The third-order valence-corrected chi connectivity index (χ3v) is 7.30. The summed E-state index contributed by atoms with van der Waals surface area (Å²) in [5.41, 5.74) is 1.17. The highest BCUT2D eigenvalue weighted by Crippen LogP contribution is 2.52. The number of benzene rings is 3. The lowest BCUT2D eigenvalue weighted by Crippen LogP contribution is -2.52. The number of anilines is 1. The van der Waals surface area contributed by atoms with Crippen molar-refractivity contribution in [1.29, 1.82) is 0 Å². The lowest BCUT2D eigenvalue weighted by Gasteiger charge is -2.34. The van der Waals surface area contributed by atoms with Crippen LogP contribution in [0.2, 0.25) is 0 Å². The maximum absolute atomic E-state index is 14.1. The summed E-state index contributed by atoms with van der Waals surface area (Å²) >= 11 is 0. The van der Waals surface area contributed by atoms with Gasteiger partial charge in [0.1, 0.15) is 5.58 Å². The molecule has 1 aromatic heterocycles. The Kier molecular flexibility index (Phi) is 4.02. The van der Waals surface area contributed by atoms with Gasteiger partial charge in [-0.3, -0.25) is 14.4 Å². The summed E-state index contributed by atoms with van der Waals surface area (Å²) in [5.74, 6) is 0.188. The Morgan fingerprint density at radius 1 is 0.944 bits per heavy atom. The van der Waals surface area contributed by atoms with E-state index in [1.165, 1.54) is 9.80 Å². The van der Waals surface area contributed by atoms with E-state index in [-0.39, 0.29) is 36.0 Å². The normalized spacial score (nSPS) is 19.5. The quantitative estimate of drug-likeness (QED) is 0.435. The van der Waals surface area contributed by atoms with Crippen LogP contribution in [0.25, 0.3) is 11.0 Å². The minimum absolute atomic E-state index is 0.0579. The molecule has 2 amide bonds. The van der Waals surface area contributed by atoms with E-state index in [2.05, 4.69) is 0 Å². The molecule has 0 bridgehead atoms. The molecule has 0 fully saturated rings. The zero-order valence-corrected chi connectivity index (χ0v) is 19.5. The summed E-state index contributed by atoms with van der Waals surface area (Å²) < 4.78 is 17.0. The maximum atomic E-state index is 14.1. The number of nitrogens with zero attached hydrogens (tertiary/aromatic N) is 2. The van der Waals surface area contributed by atoms with Crippen molar-refractivity contribution >= 4 is 28.5 Å². The van der Waals surface area contributed by atoms with Crippen molar-refractivity contribution in [2.24, 2.45) is 0 Å². The van der Waals surface area contributed by atoms with Gasteiger partial charge in [-0.1, -0.05) is 35.9 Å². The minimum Gasteiger partial charge on any atom is -0.454 e. The highest BCUT2D eigenvalue weighted by atomic mass is 16.7. The summed E-state index contributed by atoms with van der Waals surface area (Å²) in [6.07, 6.45) is 0. The van der Waals surface area contributed by atoms with Crippen LogP contribution in [0.1, 0.15) is 32.8 Å². The fraction of sp³-hybridized carbons (Fsp3) is 0.179. The highest BCUT2D eigenvalue weighted by molar-refractivity contribution is 6.16. The molecule has 0 aliphatic carbocycles. The summed E-state index contributed by atoms with van der Waals surface area (Å²) in [6, 6.07) is 17.9. The van der Waals surface area contributed by atoms with Crippen molar-refractivity contribution in [3.05, 3.63) is 98.9 Å². The van der Waals surface area contributed by atoms with Crippen LogP contribution in [-0.4, -0.2) is 30.6 Å². The largest absolute Gasteiger partial charge is 0.454 e. The standard InChI is InChI=1S/C28H20N2O6/c1-15-7-9-20-17(11-15)24(31)23-25(36-20)26(32)30(13-16-8-10-21-22(12-16)35-14-34-21)28(23)18-5-3-4-6-19(18)29(2)27(28)33/h3-12H,13-14H2,1-2H3. The molecule has 3 aliphatic heterocycles. The lowest BCUT2D eigenvalue weighted by molar-refractivity contribution is -0.126. The first-order chi connectivity index (χ1) is 17.4. The highest BCUT2D eigenvalue weighted by Gasteiger charge is 2.64. The van der Waals surface area contributed by atoms with Crippen LogP contribution in [0.15, 0.2) is 69.9 Å². The molecule has 4 heterocycles. The molecule has 3 aliphatic rings. The molecule has 36 heavy (non-hydrogen) atoms. The average molecular weight is 480 g/mol. The van der Waals surface area contributed by atoms with E-state index in [0.29, 0.717) is 33.7 Å². The second-order valence-corrected chi connectivity index (χ2v) is 9.31. The average Bonchev–Trinajstić information content (AvgIpc) is 3.51. The number of carbonyl (C=O) groups is 2. The first-order valence-electron chi connectivity index (χ1n) is 11.6. The van der Waals surface area contributed by atoms with E-state index < -0.39 is 11.4 Å². The van der Waals surface area contributed by atoms with E-state index in [9.17, 15) is 14.4 Å². The van der Waals surface area contributed by atoms with Crippen molar-refractivity contribution in [3.8, 4) is 11.5 Å². The van der Waals surface area contributed by atoms with Gasteiger partial charge in [0.2, 0.25) is 12.6 Å². The number of fused-ring (bicyclic) bond motifs is 6. The van der Waals surface area contributed by atoms with Crippen molar-refractivity contribution in [3.63, 3.8) is 0 Å². The maximum Gasteiger partial charge on any atom is 0.291 e. The van der Waals surface area contributed by atoms with Gasteiger partial charge >= 0.3 is 0 Å². The van der Waals surface area contributed by atoms with Crippen LogP contribution in [0, 0.1) is 6.92 Å². The fourth-order valence-corrected chi connectivity index (χ4v) is 5.65. The van der Waals surface area contributed by atoms with Crippen LogP contribution in [-0.2, 0) is 16.9 Å². The number of aryl methyl sites for hydroxylation is 1. The van der Waals surface area contributed by atoms with Gasteiger partial charge < -0.3 is 23.7 Å². The van der Waals surface area contributed by atoms with E-state index >= 15 is 0 Å². The van der Waals surface area contributed by atoms with Crippen LogP contribution >= 0.6 is 0 Å². The van der Waals surface area contributed by atoms with E-state index in [0.717, 1.165) is 11.1 Å². The molecule has 1 atom stereocenters. The minimum atomic E-state index is -1.65. The summed E-state index contributed by atoms with van der Waals surface area (Å²) in [5, 5.41) is 0.339. The number of hydrogen-bond acceptors (Lipinski definition) is 6. The Bertz CT molecular complexity index is 1710. The zero-order chi connectivity index (χ0) is 24.8. The number of rotatable bonds is 2. The molecule has 0 radical (unpaired) electrons. The van der Waals surface area contributed by atoms with Gasteiger partial charge in [-0.05, 0) is 42.8 Å². The number of amides is 2. The van der Waals surface area contributed by atoms with Crippen molar-refractivity contribution in [2.45, 2.75) is 19.0 Å². The summed E-state index contributed by atoms with van der Waals surface area (Å²) in [7, 11) is 1.66. The molecule has 3 aromatic carbocycles. The molecule has 4 aromatic rings. The Morgan fingerprint density at radius 3 is 2.61 bits per heavy atom. The van der Waals surface area contributed by atoms with E-state index in [1.54, 1.807) is 43.4 Å². The molecule has 0 saturated carbocycles. The third-order valence-electron chi connectivity index (χ3n) is 7.30. The van der Waals surface area contributed by atoms with E-state index in [4.69, 9.17) is 13.9 Å². The number of hydrogen-bond donors (Lipinski definition) is 0. The van der Waals surface area contributed by atoms with Crippen LogP contribution in [0.4, 0.5) is 5.69 Å². The van der Waals surface area contributed by atoms with E-state index in [1.807, 2.05) is 31.2 Å². The molecular weight excluding hydrogens is 460 g/mol. The molecule has 8 heteroatoms. The Labute approximate surface area is 205 Å². The van der Waals surface area contributed by atoms with Gasteiger partial charge in [0.05, 0.1) is 10.9 Å². The zero-order valence-electron chi connectivity index (χ0n) is 19.5. The van der Waals surface area contributed by atoms with Crippen LogP contribution < -0.4 is 19.8 Å².